The largest absolute Gasteiger partial charge is 0.489 e. The highest BCUT2D eigenvalue weighted by atomic mass is 127. The summed E-state index contributed by atoms with van der Waals surface area (Å²) >= 11 is 0. The Hall–Kier alpha value is -2.55. The molecule has 0 aliphatic carbocycles. The smallest absolute Gasteiger partial charge is 0.226 e. The standard InChI is InChI=1S/C23H30N4O2.HI/c1-5-14-29-21-9-7-6-8-19(21)16-26-23(24-4)25-15-18-10-12-20(13-11-18)27-22(28)17(2)3;/h5-13,17H,1,14-16H2,2-4H3,(H,27,28)(H2,24,25,26);1H. The highest BCUT2D eigenvalue weighted by molar-refractivity contribution is 14.0. The summed E-state index contributed by atoms with van der Waals surface area (Å²) in [6, 6.07) is 15.7. The number of carbonyl (C=O) groups excluding carboxylic acids is 1. The van der Waals surface area contributed by atoms with Gasteiger partial charge in [0.2, 0.25) is 5.91 Å². The third-order valence-electron chi connectivity index (χ3n) is 4.20. The van der Waals surface area contributed by atoms with E-state index in [4.69, 9.17) is 4.74 Å². The van der Waals surface area contributed by atoms with Gasteiger partial charge in [0, 0.05) is 37.3 Å². The third-order valence-corrected chi connectivity index (χ3v) is 4.20. The fraction of sp³-hybridized carbons (Fsp3) is 0.304. The van der Waals surface area contributed by atoms with Gasteiger partial charge in [-0.25, -0.2) is 0 Å². The van der Waals surface area contributed by atoms with Crippen molar-refractivity contribution in [3.8, 4) is 5.75 Å². The minimum absolute atomic E-state index is 0. The number of guanidine groups is 1. The van der Waals surface area contributed by atoms with E-state index in [2.05, 4.69) is 27.5 Å². The lowest BCUT2D eigenvalue weighted by atomic mass is 10.1. The Morgan fingerprint density at radius 2 is 1.77 bits per heavy atom. The predicted octanol–water partition coefficient (Wildman–Crippen LogP) is 4.33. The van der Waals surface area contributed by atoms with Crippen LogP contribution in [0.4, 0.5) is 5.69 Å². The minimum Gasteiger partial charge on any atom is -0.489 e. The van der Waals surface area contributed by atoms with E-state index >= 15 is 0 Å². The summed E-state index contributed by atoms with van der Waals surface area (Å²) in [6.45, 7) is 9.10. The number of aliphatic imine (C=N–C) groups is 1. The summed E-state index contributed by atoms with van der Waals surface area (Å²) in [5.41, 5.74) is 2.93. The van der Waals surface area contributed by atoms with Crippen LogP contribution in [0.1, 0.15) is 25.0 Å². The zero-order chi connectivity index (χ0) is 21.1. The molecule has 7 heteroatoms. The van der Waals surface area contributed by atoms with Gasteiger partial charge in [-0.3, -0.25) is 9.79 Å². The Morgan fingerprint density at radius 3 is 2.40 bits per heavy atom. The normalized spacial score (nSPS) is 10.7. The van der Waals surface area contributed by atoms with Crippen LogP contribution in [0.25, 0.3) is 0 Å². The van der Waals surface area contributed by atoms with Crippen LogP contribution in [0.2, 0.25) is 0 Å². The molecule has 0 saturated heterocycles. The van der Waals surface area contributed by atoms with E-state index in [0.29, 0.717) is 25.7 Å². The van der Waals surface area contributed by atoms with Crippen molar-refractivity contribution in [2.45, 2.75) is 26.9 Å². The van der Waals surface area contributed by atoms with Gasteiger partial charge in [0.05, 0.1) is 0 Å². The molecule has 1 amide bonds. The first-order chi connectivity index (χ1) is 14.0. The van der Waals surface area contributed by atoms with E-state index in [0.717, 1.165) is 22.6 Å². The molecule has 0 radical (unpaired) electrons. The molecule has 0 heterocycles. The summed E-state index contributed by atoms with van der Waals surface area (Å²) < 4.78 is 5.69. The van der Waals surface area contributed by atoms with Crippen molar-refractivity contribution in [3.05, 3.63) is 72.3 Å². The number of hydrogen-bond acceptors (Lipinski definition) is 3. The summed E-state index contributed by atoms with van der Waals surface area (Å²) in [7, 11) is 1.74. The van der Waals surface area contributed by atoms with Gasteiger partial charge in [-0.05, 0) is 23.8 Å². The number of amides is 1. The van der Waals surface area contributed by atoms with Gasteiger partial charge < -0.3 is 20.7 Å². The minimum atomic E-state index is -0.0435. The molecule has 3 N–H and O–H groups in total. The molecular formula is C23H31IN4O2. The van der Waals surface area contributed by atoms with Gasteiger partial charge in [-0.1, -0.05) is 56.8 Å². The summed E-state index contributed by atoms with van der Waals surface area (Å²) in [5, 5.41) is 9.48. The number of hydrogen-bond donors (Lipinski definition) is 3. The zero-order valence-electron chi connectivity index (χ0n) is 17.8. The third kappa shape index (κ3) is 8.44. The predicted molar refractivity (Wildman–Crippen MR) is 134 cm³/mol. The maximum absolute atomic E-state index is 11.8. The van der Waals surface area contributed by atoms with Crippen molar-refractivity contribution in [2.75, 3.05) is 19.0 Å². The lowest BCUT2D eigenvalue weighted by molar-refractivity contribution is -0.118. The second-order valence-electron chi connectivity index (χ2n) is 6.83. The first-order valence-corrected chi connectivity index (χ1v) is 9.69. The van der Waals surface area contributed by atoms with Crippen LogP contribution in [0.3, 0.4) is 0 Å². The summed E-state index contributed by atoms with van der Waals surface area (Å²) in [6.07, 6.45) is 1.73. The molecule has 0 spiro atoms. The Bertz CT molecular complexity index is 835. The topological polar surface area (TPSA) is 74.8 Å². The van der Waals surface area contributed by atoms with Crippen LogP contribution < -0.4 is 20.7 Å². The number of carbonyl (C=O) groups is 1. The second-order valence-corrected chi connectivity index (χ2v) is 6.83. The molecule has 162 valence electrons. The molecule has 30 heavy (non-hydrogen) atoms. The second kappa shape index (κ2) is 13.6. The molecule has 0 saturated carbocycles. The van der Waals surface area contributed by atoms with Gasteiger partial charge in [-0.15, -0.1) is 24.0 Å². The molecule has 0 aromatic heterocycles. The van der Waals surface area contributed by atoms with Crippen LogP contribution >= 0.6 is 24.0 Å². The number of nitrogens with one attached hydrogen (secondary N) is 3. The molecule has 0 aliphatic heterocycles. The van der Waals surface area contributed by atoms with Crippen molar-refractivity contribution in [1.82, 2.24) is 10.6 Å². The highest BCUT2D eigenvalue weighted by Crippen LogP contribution is 2.17. The Labute approximate surface area is 196 Å². The van der Waals surface area contributed by atoms with E-state index in [1.807, 2.05) is 62.4 Å². The molecule has 2 rings (SSSR count). The van der Waals surface area contributed by atoms with Gasteiger partial charge >= 0.3 is 0 Å². The van der Waals surface area contributed by atoms with E-state index in [1.54, 1.807) is 13.1 Å². The van der Waals surface area contributed by atoms with Gasteiger partial charge in [0.15, 0.2) is 5.96 Å². The maximum atomic E-state index is 11.8. The average molecular weight is 522 g/mol. The monoisotopic (exact) mass is 522 g/mol. The molecule has 2 aromatic rings. The molecule has 0 atom stereocenters. The van der Waals surface area contributed by atoms with E-state index in [-0.39, 0.29) is 35.8 Å². The van der Waals surface area contributed by atoms with E-state index in [1.165, 1.54) is 0 Å². The molecule has 2 aromatic carbocycles. The summed E-state index contributed by atoms with van der Waals surface area (Å²) in [5.74, 6) is 1.49. The van der Waals surface area contributed by atoms with Crippen molar-refractivity contribution in [3.63, 3.8) is 0 Å². The number of para-hydroxylation sites is 1. The van der Waals surface area contributed by atoms with Crippen molar-refractivity contribution in [1.29, 1.82) is 0 Å². The maximum Gasteiger partial charge on any atom is 0.226 e. The number of rotatable bonds is 9. The van der Waals surface area contributed by atoms with Crippen LogP contribution in [0, 0.1) is 5.92 Å². The van der Waals surface area contributed by atoms with Crippen molar-refractivity contribution in [2.24, 2.45) is 10.9 Å². The number of ether oxygens (including phenoxy) is 1. The van der Waals surface area contributed by atoms with Crippen LogP contribution in [-0.2, 0) is 17.9 Å². The first-order valence-electron chi connectivity index (χ1n) is 9.69. The number of benzene rings is 2. The molecular weight excluding hydrogens is 491 g/mol. The van der Waals surface area contributed by atoms with Crippen LogP contribution in [-0.4, -0.2) is 25.5 Å². The molecule has 6 nitrogen and oxygen atoms in total. The molecule has 0 unspecified atom stereocenters. The highest BCUT2D eigenvalue weighted by Gasteiger charge is 2.07. The van der Waals surface area contributed by atoms with Crippen molar-refractivity contribution >= 4 is 41.5 Å². The average Bonchev–Trinajstić information content (AvgIpc) is 2.74. The Balaban J connectivity index is 0.00000450. The fourth-order valence-electron chi connectivity index (χ4n) is 2.52. The fourth-order valence-corrected chi connectivity index (χ4v) is 2.52. The van der Waals surface area contributed by atoms with E-state index < -0.39 is 0 Å². The molecule has 0 fully saturated rings. The quantitative estimate of drug-likeness (QED) is 0.199. The van der Waals surface area contributed by atoms with Gasteiger partial charge in [0.1, 0.15) is 12.4 Å². The first kappa shape index (κ1) is 25.5. The van der Waals surface area contributed by atoms with Gasteiger partial charge in [-0.2, -0.15) is 0 Å². The van der Waals surface area contributed by atoms with Gasteiger partial charge in [0.25, 0.3) is 0 Å². The SMILES string of the molecule is C=CCOc1ccccc1CNC(=NC)NCc1ccc(NC(=O)C(C)C)cc1.I. The number of nitrogens with zero attached hydrogens (tertiary/aromatic N) is 1. The van der Waals surface area contributed by atoms with Crippen molar-refractivity contribution < 1.29 is 9.53 Å². The molecule has 0 bridgehead atoms. The van der Waals surface area contributed by atoms with Crippen LogP contribution in [0.15, 0.2) is 66.2 Å². The van der Waals surface area contributed by atoms with Crippen LogP contribution in [0.5, 0.6) is 5.75 Å². The number of halogens is 1. The summed E-state index contributed by atoms with van der Waals surface area (Å²) in [4.78, 5) is 16.0. The lowest BCUT2D eigenvalue weighted by Crippen LogP contribution is -2.36. The number of anilines is 1. The Kier molecular flexibility index (Phi) is 11.6. The lowest BCUT2D eigenvalue weighted by Gasteiger charge is -2.14. The zero-order valence-corrected chi connectivity index (χ0v) is 20.1. The van der Waals surface area contributed by atoms with E-state index in [9.17, 15) is 4.79 Å². The Morgan fingerprint density at radius 1 is 1.10 bits per heavy atom. The molecule has 0 aliphatic rings.